The summed E-state index contributed by atoms with van der Waals surface area (Å²) in [6.45, 7) is 4.30. The molecule has 1 aromatic heterocycles. The van der Waals surface area contributed by atoms with E-state index in [-0.39, 0.29) is 18.2 Å². The minimum absolute atomic E-state index is 0.0102. The molecule has 0 bridgehead atoms. The Morgan fingerprint density at radius 2 is 2.17 bits per heavy atom. The normalized spacial score (nSPS) is 11.9. The molecule has 0 saturated heterocycles. The number of hydrogen-bond acceptors (Lipinski definition) is 4. The maximum atomic E-state index is 11.1. The lowest BCUT2D eigenvalue weighted by atomic mass is 10.2. The van der Waals surface area contributed by atoms with Gasteiger partial charge in [0.2, 0.25) is 0 Å². The Bertz CT molecular complexity index is 448. The summed E-state index contributed by atoms with van der Waals surface area (Å²) in [4.78, 5) is 27.7. The minimum Gasteiger partial charge on any atom is -0.481 e. The molecule has 0 fully saturated rings. The summed E-state index contributed by atoms with van der Waals surface area (Å²) in [5.41, 5.74) is 5.34. The van der Waals surface area contributed by atoms with Crippen LogP contribution in [-0.2, 0) is 4.79 Å². The van der Waals surface area contributed by atoms with Crippen LogP contribution in [0.5, 0.6) is 0 Å². The van der Waals surface area contributed by atoms with Crippen molar-refractivity contribution < 1.29 is 14.7 Å². The summed E-state index contributed by atoms with van der Waals surface area (Å²) in [5, 5.41) is 8.80. The number of carboxylic acids is 1. The van der Waals surface area contributed by atoms with Crippen molar-refractivity contribution in [3.63, 3.8) is 0 Å². The zero-order chi connectivity index (χ0) is 13.7. The van der Waals surface area contributed by atoms with Crippen LogP contribution in [0.2, 0.25) is 0 Å². The first-order valence-corrected chi connectivity index (χ1v) is 5.71. The van der Waals surface area contributed by atoms with Gasteiger partial charge in [0.1, 0.15) is 11.5 Å². The van der Waals surface area contributed by atoms with Crippen molar-refractivity contribution in [2.75, 3.05) is 11.4 Å². The van der Waals surface area contributed by atoms with E-state index in [1.165, 1.54) is 6.07 Å². The fourth-order valence-corrected chi connectivity index (χ4v) is 1.78. The zero-order valence-corrected chi connectivity index (χ0v) is 10.5. The van der Waals surface area contributed by atoms with E-state index in [0.717, 1.165) is 0 Å². The average Bonchev–Trinajstić information content (AvgIpc) is 2.29. The Hall–Kier alpha value is -2.11. The summed E-state index contributed by atoms with van der Waals surface area (Å²) in [6, 6.07) is 4.73. The highest BCUT2D eigenvalue weighted by molar-refractivity contribution is 5.91. The van der Waals surface area contributed by atoms with E-state index >= 15 is 0 Å². The van der Waals surface area contributed by atoms with Crippen molar-refractivity contribution in [3.05, 3.63) is 23.9 Å². The van der Waals surface area contributed by atoms with Crippen LogP contribution in [0, 0.1) is 0 Å². The molecule has 0 spiro atoms. The van der Waals surface area contributed by atoms with Gasteiger partial charge >= 0.3 is 5.97 Å². The summed E-state index contributed by atoms with van der Waals surface area (Å²) < 4.78 is 0. The molecule has 1 amide bonds. The third kappa shape index (κ3) is 3.44. The van der Waals surface area contributed by atoms with E-state index in [9.17, 15) is 9.59 Å². The Morgan fingerprint density at radius 1 is 1.50 bits per heavy atom. The number of nitrogens with zero attached hydrogens (tertiary/aromatic N) is 2. The second-order valence-electron chi connectivity index (χ2n) is 3.98. The monoisotopic (exact) mass is 251 g/mol. The van der Waals surface area contributed by atoms with Gasteiger partial charge < -0.3 is 15.7 Å². The lowest BCUT2D eigenvalue weighted by molar-refractivity contribution is -0.137. The van der Waals surface area contributed by atoms with Gasteiger partial charge in [0.05, 0.1) is 6.42 Å². The first-order chi connectivity index (χ1) is 8.45. The van der Waals surface area contributed by atoms with Crippen molar-refractivity contribution in [1.29, 1.82) is 0 Å². The first-order valence-electron chi connectivity index (χ1n) is 5.71. The number of carbonyl (C=O) groups excluding carboxylic acids is 1. The van der Waals surface area contributed by atoms with Gasteiger partial charge in [-0.25, -0.2) is 4.98 Å². The summed E-state index contributed by atoms with van der Waals surface area (Å²) in [5.74, 6) is -0.909. The number of anilines is 1. The molecule has 1 rings (SSSR count). The molecule has 1 aromatic rings. The van der Waals surface area contributed by atoms with Gasteiger partial charge in [-0.05, 0) is 26.0 Å². The standard InChI is InChI=1S/C12H17N3O3/c1-3-15(8(2)7-11(16)17)10-6-4-5-9(14-10)12(13)18/h4-6,8H,3,7H2,1-2H3,(H2,13,18)(H,16,17). The van der Waals surface area contributed by atoms with E-state index in [1.54, 1.807) is 19.1 Å². The van der Waals surface area contributed by atoms with Crippen molar-refractivity contribution in [2.45, 2.75) is 26.3 Å². The molecule has 1 unspecified atom stereocenters. The maximum absolute atomic E-state index is 11.1. The van der Waals surface area contributed by atoms with Crippen LogP contribution in [0.4, 0.5) is 5.82 Å². The van der Waals surface area contributed by atoms with Gasteiger partial charge in [-0.1, -0.05) is 6.07 Å². The van der Waals surface area contributed by atoms with Gasteiger partial charge in [-0.3, -0.25) is 9.59 Å². The fraction of sp³-hybridized carbons (Fsp3) is 0.417. The van der Waals surface area contributed by atoms with Gasteiger partial charge in [0.15, 0.2) is 0 Å². The van der Waals surface area contributed by atoms with Gasteiger partial charge in [-0.2, -0.15) is 0 Å². The van der Waals surface area contributed by atoms with E-state index in [1.807, 2.05) is 11.8 Å². The molecule has 6 nitrogen and oxygen atoms in total. The van der Waals surface area contributed by atoms with Crippen molar-refractivity contribution in [3.8, 4) is 0 Å². The molecule has 98 valence electrons. The predicted molar refractivity (Wildman–Crippen MR) is 67.5 cm³/mol. The lowest BCUT2D eigenvalue weighted by Gasteiger charge is -2.28. The smallest absolute Gasteiger partial charge is 0.305 e. The topological polar surface area (TPSA) is 96.5 Å². The van der Waals surface area contributed by atoms with Crippen LogP contribution in [-0.4, -0.2) is 34.6 Å². The van der Waals surface area contributed by atoms with Crippen molar-refractivity contribution in [2.24, 2.45) is 5.73 Å². The highest BCUT2D eigenvalue weighted by Gasteiger charge is 2.17. The molecule has 6 heteroatoms. The quantitative estimate of drug-likeness (QED) is 0.782. The second kappa shape index (κ2) is 6.00. The minimum atomic E-state index is -0.869. The summed E-state index contributed by atoms with van der Waals surface area (Å²) >= 11 is 0. The Balaban J connectivity index is 2.97. The van der Waals surface area contributed by atoms with Gasteiger partial charge in [0, 0.05) is 12.6 Å². The van der Waals surface area contributed by atoms with Crippen molar-refractivity contribution in [1.82, 2.24) is 4.98 Å². The molecule has 3 N–H and O–H groups in total. The predicted octanol–water partition coefficient (Wildman–Crippen LogP) is 0.870. The maximum Gasteiger partial charge on any atom is 0.305 e. The van der Waals surface area contributed by atoms with E-state index < -0.39 is 11.9 Å². The number of nitrogens with two attached hydrogens (primary N) is 1. The number of pyridine rings is 1. The zero-order valence-electron chi connectivity index (χ0n) is 10.5. The molecular weight excluding hydrogens is 234 g/mol. The number of rotatable bonds is 6. The number of aromatic nitrogens is 1. The Labute approximate surface area is 105 Å². The molecule has 0 aliphatic rings. The largest absolute Gasteiger partial charge is 0.481 e. The van der Waals surface area contributed by atoms with Crippen LogP contribution in [0.15, 0.2) is 18.2 Å². The molecule has 0 radical (unpaired) electrons. The van der Waals surface area contributed by atoms with Crippen LogP contribution in [0.25, 0.3) is 0 Å². The van der Waals surface area contributed by atoms with E-state index in [2.05, 4.69) is 4.98 Å². The first kappa shape index (κ1) is 14.0. The number of primary amides is 1. The Morgan fingerprint density at radius 3 is 2.67 bits per heavy atom. The fourth-order valence-electron chi connectivity index (χ4n) is 1.78. The van der Waals surface area contributed by atoms with Gasteiger partial charge in [-0.15, -0.1) is 0 Å². The highest BCUT2D eigenvalue weighted by atomic mass is 16.4. The molecule has 0 saturated carbocycles. The van der Waals surface area contributed by atoms with E-state index in [4.69, 9.17) is 10.8 Å². The van der Waals surface area contributed by atoms with Crippen LogP contribution in [0.3, 0.4) is 0 Å². The number of hydrogen-bond donors (Lipinski definition) is 2. The summed E-state index contributed by atoms with van der Waals surface area (Å²) in [7, 11) is 0. The molecule has 0 aliphatic heterocycles. The Kier molecular flexibility index (Phi) is 4.65. The van der Waals surface area contributed by atoms with Crippen LogP contribution < -0.4 is 10.6 Å². The molecule has 0 aliphatic carbocycles. The molecule has 18 heavy (non-hydrogen) atoms. The number of carboxylic acid groups (broad SMARTS) is 1. The van der Waals surface area contributed by atoms with Gasteiger partial charge in [0.25, 0.3) is 5.91 Å². The van der Waals surface area contributed by atoms with Crippen LogP contribution >= 0.6 is 0 Å². The lowest BCUT2D eigenvalue weighted by Crippen LogP contribution is -2.35. The van der Waals surface area contributed by atoms with E-state index in [0.29, 0.717) is 12.4 Å². The molecule has 0 aromatic carbocycles. The SMILES string of the molecule is CCN(c1cccc(C(N)=O)n1)C(C)CC(=O)O. The summed E-state index contributed by atoms with van der Waals surface area (Å²) in [6.07, 6.45) is 0.0102. The number of carbonyl (C=O) groups is 2. The third-order valence-electron chi connectivity index (χ3n) is 2.62. The molecular formula is C12H17N3O3. The molecule has 1 atom stereocenters. The molecule has 1 heterocycles. The van der Waals surface area contributed by atoms with Crippen LogP contribution in [0.1, 0.15) is 30.8 Å². The number of amides is 1. The highest BCUT2D eigenvalue weighted by Crippen LogP contribution is 2.16. The third-order valence-corrected chi connectivity index (χ3v) is 2.62. The average molecular weight is 251 g/mol. The van der Waals surface area contributed by atoms with Crippen molar-refractivity contribution >= 4 is 17.7 Å². The second-order valence-corrected chi connectivity index (χ2v) is 3.98. The number of aliphatic carboxylic acids is 1.